The Morgan fingerprint density at radius 2 is 0.759 bits per heavy atom. The third-order valence-corrected chi connectivity index (χ3v) is 7.38. The maximum absolute atomic E-state index is 2.33. The highest BCUT2D eigenvalue weighted by atomic mass is 32.1. The lowest BCUT2D eigenvalue weighted by Gasteiger charge is -2.13. The van der Waals surface area contributed by atoms with Crippen molar-refractivity contribution in [3.8, 4) is 0 Å². The van der Waals surface area contributed by atoms with Crippen LogP contribution in [-0.2, 0) is 0 Å². The molecule has 7 rings (SSSR count). The predicted molar refractivity (Wildman–Crippen MR) is 129 cm³/mol. The summed E-state index contributed by atoms with van der Waals surface area (Å²) in [6, 6.07) is 35.7. The molecule has 0 aliphatic rings. The predicted octanol–water partition coefficient (Wildman–Crippen LogP) is 8.67. The van der Waals surface area contributed by atoms with E-state index in [0.717, 1.165) is 0 Å². The highest BCUT2D eigenvalue weighted by Crippen LogP contribution is 2.43. The number of hydrogen-bond donors (Lipinski definition) is 0. The molecule has 1 heterocycles. The van der Waals surface area contributed by atoms with Crippen LogP contribution in [-0.4, -0.2) is 0 Å². The number of rotatable bonds is 0. The van der Waals surface area contributed by atoms with Gasteiger partial charge in [0.05, 0.1) is 0 Å². The molecule has 6 aromatic carbocycles. The van der Waals surface area contributed by atoms with E-state index in [2.05, 4.69) is 97.1 Å². The van der Waals surface area contributed by atoms with Crippen LogP contribution in [0.5, 0.6) is 0 Å². The van der Waals surface area contributed by atoms with Crippen molar-refractivity contribution < 1.29 is 0 Å². The van der Waals surface area contributed by atoms with E-state index in [1.165, 1.54) is 63.3 Å². The van der Waals surface area contributed by atoms with Gasteiger partial charge in [-0.2, -0.15) is 0 Å². The molecule has 7 aromatic rings. The van der Waals surface area contributed by atoms with Gasteiger partial charge in [-0.1, -0.05) is 84.9 Å². The van der Waals surface area contributed by atoms with Gasteiger partial charge >= 0.3 is 0 Å². The second-order valence-corrected chi connectivity index (χ2v) is 8.80. The lowest BCUT2D eigenvalue weighted by atomic mass is 9.90. The maximum Gasteiger partial charge on any atom is 0.0361 e. The van der Waals surface area contributed by atoms with Gasteiger partial charge in [-0.25, -0.2) is 0 Å². The Kier molecular flexibility index (Phi) is 2.97. The first-order valence-electron chi connectivity index (χ1n) is 9.96. The molecule has 0 radical (unpaired) electrons. The zero-order valence-corrected chi connectivity index (χ0v) is 16.5. The first-order chi connectivity index (χ1) is 14.4. The van der Waals surface area contributed by atoms with E-state index in [0.29, 0.717) is 0 Å². The first kappa shape index (κ1) is 15.5. The van der Waals surface area contributed by atoms with Crippen LogP contribution in [0.1, 0.15) is 0 Å². The van der Waals surface area contributed by atoms with Crippen LogP contribution in [0.3, 0.4) is 0 Å². The molecule has 0 unspecified atom stereocenters. The third kappa shape index (κ3) is 1.98. The van der Waals surface area contributed by atoms with Gasteiger partial charge in [0, 0.05) is 20.2 Å². The first-order valence-corrected chi connectivity index (χ1v) is 10.8. The molecule has 0 atom stereocenters. The van der Waals surface area contributed by atoms with Crippen molar-refractivity contribution in [2.24, 2.45) is 0 Å². The van der Waals surface area contributed by atoms with Gasteiger partial charge in [-0.3, -0.25) is 0 Å². The Bertz CT molecular complexity index is 1720. The van der Waals surface area contributed by atoms with E-state index in [1.54, 1.807) is 0 Å². The molecule has 0 saturated carbocycles. The average Bonchev–Trinajstić information content (AvgIpc) is 3.18. The van der Waals surface area contributed by atoms with Crippen LogP contribution in [0.25, 0.3) is 63.3 Å². The molecule has 0 amide bonds. The van der Waals surface area contributed by atoms with Crippen molar-refractivity contribution in [1.82, 2.24) is 0 Å². The summed E-state index contributed by atoms with van der Waals surface area (Å²) in [5.41, 5.74) is 0. The molecule has 0 aliphatic carbocycles. The molecule has 1 heteroatoms. The number of thiophene rings is 1. The average molecular weight is 385 g/mol. The highest BCUT2D eigenvalue weighted by Gasteiger charge is 2.14. The summed E-state index contributed by atoms with van der Waals surface area (Å²) in [6.07, 6.45) is 0. The highest BCUT2D eigenvalue weighted by molar-refractivity contribution is 7.26. The SMILES string of the molecule is c1ccc2c(c1)sc1ccc3c(ccc4c5ccccc5c5ccccc5c43)c12. The van der Waals surface area contributed by atoms with E-state index in [9.17, 15) is 0 Å². The van der Waals surface area contributed by atoms with E-state index in [-0.39, 0.29) is 0 Å². The molecule has 0 bridgehead atoms. The summed E-state index contributed by atoms with van der Waals surface area (Å²) in [5.74, 6) is 0. The van der Waals surface area contributed by atoms with E-state index >= 15 is 0 Å². The van der Waals surface area contributed by atoms with Gasteiger partial charge in [0.1, 0.15) is 0 Å². The molecule has 0 aliphatic heterocycles. The van der Waals surface area contributed by atoms with Gasteiger partial charge in [0.15, 0.2) is 0 Å². The van der Waals surface area contributed by atoms with E-state index in [1.807, 2.05) is 11.3 Å². The summed E-state index contributed by atoms with van der Waals surface area (Å²) < 4.78 is 2.72. The molecule has 0 nitrogen and oxygen atoms in total. The Morgan fingerprint density at radius 3 is 1.48 bits per heavy atom. The summed E-state index contributed by atoms with van der Waals surface area (Å²) in [4.78, 5) is 0. The van der Waals surface area contributed by atoms with Crippen molar-refractivity contribution in [1.29, 1.82) is 0 Å². The van der Waals surface area contributed by atoms with Crippen LogP contribution >= 0.6 is 11.3 Å². The Hall–Kier alpha value is -3.42. The normalized spacial score (nSPS) is 12.1. The molecule has 1 aromatic heterocycles. The van der Waals surface area contributed by atoms with Crippen LogP contribution < -0.4 is 0 Å². The minimum Gasteiger partial charge on any atom is -0.135 e. The Morgan fingerprint density at radius 1 is 0.310 bits per heavy atom. The minimum absolute atomic E-state index is 1.33. The van der Waals surface area contributed by atoms with Gasteiger partial charge in [0.2, 0.25) is 0 Å². The summed E-state index contributed by atoms with van der Waals surface area (Å²) in [6.45, 7) is 0. The molecule has 0 fully saturated rings. The standard InChI is InChI=1S/C28H16S/c1-2-9-19-17(7-1)18-8-3-4-10-20(18)27-21(19)13-14-23-22(27)15-16-26-28(23)24-11-5-6-12-25(24)29-26/h1-16H. The Balaban J connectivity index is 1.82. The van der Waals surface area contributed by atoms with E-state index in [4.69, 9.17) is 0 Å². The smallest absolute Gasteiger partial charge is 0.0361 e. The zero-order valence-electron chi connectivity index (χ0n) is 15.6. The summed E-state index contributed by atoms with van der Waals surface area (Å²) in [5, 5.41) is 13.5. The van der Waals surface area contributed by atoms with Crippen molar-refractivity contribution in [3.05, 3.63) is 97.1 Å². The van der Waals surface area contributed by atoms with Crippen LogP contribution in [0.2, 0.25) is 0 Å². The molecular formula is C28H16S. The number of hydrogen-bond acceptors (Lipinski definition) is 1. The van der Waals surface area contributed by atoms with Crippen molar-refractivity contribution in [2.75, 3.05) is 0 Å². The number of fused-ring (bicyclic) bond motifs is 12. The van der Waals surface area contributed by atoms with Gasteiger partial charge in [-0.05, 0) is 55.2 Å². The quantitative estimate of drug-likeness (QED) is 0.229. The second-order valence-electron chi connectivity index (χ2n) is 7.71. The van der Waals surface area contributed by atoms with Crippen LogP contribution in [0, 0.1) is 0 Å². The fourth-order valence-electron chi connectivity index (χ4n) is 5.03. The molecule has 0 spiro atoms. The molecule has 29 heavy (non-hydrogen) atoms. The molecule has 0 saturated heterocycles. The van der Waals surface area contributed by atoms with Crippen LogP contribution in [0.4, 0.5) is 0 Å². The number of benzene rings is 6. The van der Waals surface area contributed by atoms with E-state index < -0.39 is 0 Å². The topological polar surface area (TPSA) is 0 Å². The van der Waals surface area contributed by atoms with Gasteiger partial charge in [0.25, 0.3) is 0 Å². The largest absolute Gasteiger partial charge is 0.135 e. The van der Waals surface area contributed by atoms with Gasteiger partial charge in [-0.15, -0.1) is 11.3 Å². The fraction of sp³-hybridized carbons (Fsp3) is 0. The molecule has 0 N–H and O–H groups in total. The van der Waals surface area contributed by atoms with Crippen molar-refractivity contribution in [3.63, 3.8) is 0 Å². The molecular weight excluding hydrogens is 368 g/mol. The van der Waals surface area contributed by atoms with Crippen molar-refractivity contribution >= 4 is 74.6 Å². The van der Waals surface area contributed by atoms with Crippen LogP contribution in [0.15, 0.2) is 97.1 Å². The zero-order chi connectivity index (χ0) is 18.9. The summed E-state index contributed by atoms with van der Waals surface area (Å²) in [7, 11) is 0. The maximum atomic E-state index is 2.33. The lowest BCUT2D eigenvalue weighted by molar-refractivity contribution is 1.79. The monoisotopic (exact) mass is 384 g/mol. The minimum atomic E-state index is 1.33. The fourth-order valence-corrected chi connectivity index (χ4v) is 6.15. The van der Waals surface area contributed by atoms with Gasteiger partial charge < -0.3 is 0 Å². The Labute approximate surface area is 171 Å². The second kappa shape index (κ2) is 5.56. The third-order valence-electron chi connectivity index (χ3n) is 6.24. The van der Waals surface area contributed by atoms with Crippen molar-refractivity contribution in [2.45, 2.75) is 0 Å². The lowest BCUT2D eigenvalue weighted by Crippen LogP contribution is -1.85. The summed E-state index contributed by atoms with van der Waals surface area (Å²) >= 11 is 1.89. The molecule has 134 valence electrons.